The third-order valence-corrected chi connectivity index (χ3v) is 27.6. The van der Waals surface area contributed by atoms with Crippen LogP contribution < -0.4 is 26.2 Å². The summed E-state index contributed by atoms with van der Waals surface area (Å²) in [6.45, 7) is 34.9. The van der Waals surface area contributed by atoms with Gasteiger partial charge in [0.1, 0.15) is 0 Å². The first-order valence-electron chi connectivity index (χ1n) is 43.8. The molecule has 2 aliphatic carbocycles. The predicted octanol–water partition coefficient (Wildman–Crippen LogP) is 29.5. The third kappa shape index (κ3) is 11.3. The molecule has 0 radical (unpaired) electrons. The van der Waals surface area contributed by atoms with Gasteiger partial charge < -0.3 is 18.9 Å². The van der Waals surface area contributed by atoms with E-state index in [-0.39, 0.29) is 33.8 Å². The van der Waals surface area contributed by atoms with Gasteiger partial charge in [-0.3, -0.25) is 0 Å². The molecule has 0 saturated carbocycles. The fourth-order valence-electron chi connectivity index (χ4n) is 21.3. The smallest absolute Gasteiger partial charge is 0.252 e. The van der Waals surface area contributed by atoms with Crippen LogP contribution in [0.5, 0.6) is 0 Å². The van der Waals surface area contributed by atoms with E-state index in [9.17, 15) is 0 Å². The Kier molecular flexibility index (Phi) is 16.5. The fourth-order valence-corrected chi connectivity index (χ4v) is 21.3. The van der Waals surface area contributed by atoms with E-state index >= 15 is 0 Å². The first-order chi connectivity index (χ1) is 58.7. The maximum absolute atomic E-state index is 2.77. The van der Waals surface area contributed by atoms with Crippen molar-refractivity contribution in [1.82, 2.24) is 9.13 Å². The highest BCUT2D eigenvalue weighted by molar-refractivity contribution is 7.00. The van der Waals surface area contributed by atoms with Gasteiger partial charge in [0.15, 0.2) is 0 Å². The van der Waals surface area contributed by atoms with Crippen LogP contribution in [0.1, 0.15) is 154 Å². The maximum Gasteiger partial charge on any atom is 0.252 e. The van der Waals surface area contributed by atoms with Gasteiger partial charge in [0.05, 0.1) is 38.9 Å². The molecule has 4 aliphatic rings. The molecule has 122 heavy (non-hydrogen) atoms. The lowest BCUT2D eigenvalue weighted by Gasteiger charge is -2.46. The number of hydrogen-bond donors (Lipinski definition) is 0. The average Bonchev–Trinajstić information content (AvgIpc) is 1.47. The van der Waals surface area contributed by atoms with Gasteiger partial charge in [-0.1, -0.05) is 377 Å². The zero-order valence-corrected chi connectivity index (χ0v) is 72.7. The molecule has 0 unspecified atom stereocenters. The van der Waals surface area contributed by atoms with Crippen molar-refractivity contribution in [2.24, 2.45) is 0 Å². The predicted molar refractivity (Wildman–Crippen MR) is 521 cm³/mol. The second-order valence-corrected chi connectivity index (χ2v) is 40.0. The van der Waals surface area contributed by atoms with Crippen molar-refractivity contribution in [2.75, 3.05) is 9.80 Å². The summed E-state index contributed by atoms with van der Waals surface area (Å²) in [5, 5.41) is 4.90. The first-order valence-corrected chi connectivity index (χ1v) is 43.8. The van der Waals surface area contributed by atoms with E-state index in [0.717, 1.165) is 95.5 Å². The van der Waals surface area contributed by atoms with Gasteiger partial charge in [0.25, 0.3) is 6.71 Å². The van der Waals surface area contributed by atoms with E-state index in [1.807, 2.05) is 0 Å². The summed E-state index contributed by atoms with van der Waals surface area (Å²) in [6, 6.07) is 133. The first kappa shape index (κ1) is 75.0. The number of benzene rings is 16. The lowest BCUT2D eigenvalue weighted by Crippen LogP contribution is -2.61. The molecule has 0 amide bonds. The lowest BCUT2D eigenvalue weighted by atomic mass is 9.33. The van der Waals surface area contributed by atoms with Crippen molar-refractivity contribution in [3.8, 4) is 78.1 Å². The Labute approximate surface area is 719 Å². The molecule has 2 aromatic heterocycles. The molecule has 5 heteroatoms. The minimum atomic E-state index is -0.553. The van der Waals surface area contributed by atoms with Crippen molar-refractivity contribution in [1.29, 1.82) is 0 Å². The van der Waals surface area contributed by atoms with E-state index in [4.69, 9.17) is 0 Å². The normalized spacial score (nSPS) is 13.9. The standard InChI is InChI=1S/C117H101BN4/c1-112(2,3)76-54-46-72(47-55-76)83-36-28-37-84(73-48-56-77(57-49-73)113(4,5)6)110(83)121-105-68-81(119-101-43-25-19-33-90(101)91-34-20-26-44-102(91)119)62-64-99(105)118-100-65-63-82(120-103-45-27-21-35-92(103)94-70-93-89-32-18-24-42-97(89)117(98(93)71-104(94)120)95-40-22-16-30-87(95)88-31-17-23-41-96(88)117)69-106(100)122(108-67-80(116(13,14)15)66-107(121)109(108)118)111-85(74-50-58-78(59-51-74)114(7,8)9)38-29-39-86(111)75-52-60-79(61-53-75)115(10,11)12/h16-71H,1-15H3. The van der Waals surface area contributed by atoms with Crippen LogP contribution in [-0.2, 0) is 32.5 Å². The van der Waals surface area contributed by atoms with E-state index in [2.05, 4.69) is 463 Å². The molecule has 592 valence electrons. The van der Waals surface area contributed by atoms with E-state index in [1.165, 1.54) is 127 Å². The number of nitrogens with zero attached hydrogens (tertiary/aromatic N) is 4. The zero-order chi connectivity index (χ0) is 83.6. The number of aromatic nitrogens is 2. The Hall–Kier alpha value is -13.2. The van der Waals surface area contributed by atoms with Crippen molar-refractivity contribution >= 4 is 101 Å². The summed E-state index contributed by atoms with van der Waals surface area (Å²) in [4.78, 5) is 5.52. The summed E-state index contributed by atoms with van der Waals surface area (Å²) >= 11 is 0. The number of anilines is 6. The van der Waals surface area contributed by atoms with Gasteiger partial charge in [-0.25, -0.2) is 0 Å². The van der Waals surface area contributed by atoms with Gasteiger partial charge in [-0.2, -0.15) is 0 Å². The Morgan fingerprint density at radius 1 is 0.221 bits per heavy atom. The van der Waals surface area contributed by atoms with Crippen LogP contribution >= 0.6 is 0 Å². The number of hydrogen-bond acceptors (Lipinski definition) is 2. The summed E-state index contributed by atoms with van der Waals surface area (Å²) in [5.74, 6) is 0. The van der Waals surface area contributed by atoms with Crippen LogP contribution in [0.3, 0.4) is 0 Å². The molecule has 18 aromatic rings. The highest BCUT2D eigenvalue weighted by Crippen LogP contribution is 2.64. The minimum Gasteiger partial charge on any atom is -0.310 e. The van der Waals surface area contributed by atoms with Crippen LogP contribution in [0.25, 0.3) is 122 Å². The van der Waals surface area contributed by atoms with Crippen molar-refractivity contribution < 1.29 is 0 Å². The molecule has 0 saturated heterocycles. The van der Waals surface area contributed by atoms with Crippen LogP contribution in [0, 0.1) is 0 Å². The van der Waals surface area contributed by atoms with Crippen molar-refractivity contribution in [3.63, 3.8) is 0 Å². The van der Waals surface area contributed by atoms with E-state index < -0.39 is 5.41 Å². The molecule has 0 bridgehead atoms. The van der Waals surface area contributed by atoms with Crippen LogP contribution in [0.4, 0.5) is 34.1 Å². The Balaban J connectivity index is 0.888. The minimum absolute atomic E-state index is 0.0576. The topological polar surface area (TPSA) is 16.3 Å². The Morgan fingerprint density at radius 3 is 0.877 bits per heavy atom. The van der Waals surface area contributed by atoms with Gasteiger partial charge in [-0.15, -0.1) is 0 Å². The van der Waals surface area contributed by atoms with Gasteiger partial charge in [-0.05, 0) is 205 Å². The summed E-state index contributed by atoms with van der Waals surface area (Å²) < 4.78 is 5.14. The van der Waals surface area contributed by atoms with Crippen LogP contribution in [-0.4, -0.2) is 15.8 Å². The lowest BCUT2D eigenvalue weighted by molar-refractivity contribution is 0.590. The van der Waals surface area contributed by atoms with Gasteiger partial charge in [0.2, 0.25) is 0 Å². The fraction of sp³-hybridized carbons (Fsp3) is 0.179. The molecule has 0 N–H and O–H groups in total. The second-order valence-electron chi connectivity index (χ2n) is 40.0. The van der Waals surface area contributed by atoms with Crippen molar-refractivity contribution in [3.05, 3.63) is 390 Å². The van der Waals surface area contributed by atoms with Crippen LogP contribution in [0.15, 0.2) is 340 Å². The number of para-hydroxylation sites is 5. The third-order valence-electron chi connectivity index (χ3n) is 27.6. The van der Waals surface area contributed by atoms with E-state index in [1.54, 1.807) is 0 Å². The molecule has 4 nitrogen and oxygen atoms in total. The molecule has 16 aromatic carbocycles. The highest BCUT2D eigenvalue weighted by Gasteiger charge is 2.53. The summed E-state index contributed by atoms with van der Waals surface area (Å²) in [7, 11) is 0. The maximum atomic E-state index is 2.77. The number of fused-ring (bicyclic) bond motifs is 20. The average molecular weight is 1570 g/mol. The van der Waals surface area contributed by atoms with Crippen molar-refractivity contribution in [2.45, 2.75) is 136 Å². The van der Waals surface area contributed by atoms with E-state index in [0.29, 0.717) is 0 Å². The SMILES string of the molecule is CC(C)(C)c1ccc(-c2cccc(-c3ccc(C(C)(C)C)cc3)c2N2c3cc(-n4c5ccccc5c5ccccc54)ccc3B3c4ccc(-n5c6ccccc6c6cc7c(cc65)C5(c6ccccc6-c6ccccc65)c5ccccc5-7)cc4N(c4c(-c5ccc(C(C)(C)C)cc5)cccc4-c4ccc(C(C)(C)C)cc4)c4cc(C(C)(C)C)cc2c43)cc1. The summed E-state index contributed by atoms with van der Waals surface area (Å²) in [6.07, 6.45) is 0. The molecular formula is C117H101BN4. The molecule has 4 heterocycles. The Morgan fingerprint density at radius 2 is 0.525 bits per heavy atom. The molecule has 1 spiro atoms. The Bertz CT molecular complexity index is 7120. The molecule has 0 atom stereocenters. The zero-order valence-electron chi connectivity index (χ0n) is 72.7. The molecule has 22 rings (SSSR count). The number of rotatable bonds is 8. The van der Waals surface area contributed by atoms with Gasteiger partial charge >= 0.3 is 0 Å². The monoisotopic (exact) mass is 1570 g/mol. The highest BCUT2D eigenvalue weighted by atomic mass is 15.2. The molecule has 2 aliphatic heterocycles. The van der Waals surface area contributed by atoms with Crippen LogP contribution in [0.2, 0.25) is 0 Å². The largest absolute Gasteiger partial charge is 0.310 e. The quantitative estimate of drug-likeness (QED) is 0.141. The second kappa shape index (κ2) is 26.9. The molecular weight excluding hydrogens is 1470 g/mol. The summed E-state index contributed by atoms with van der Waals surface area (Å²) in [5.41, 5.74) is 42.3. The van der Waals surface area contributed by atoms with Gasteiger partial charge in [0, 0.05) is 77.9 Å². The molecule has 0 fully saturated rings.